The average Bonchev–Trinajstić information content (AvgIpc) is 2.64. The summed E-state index contributed by atoms with van der Waals surface area (Å²) in [5.74, 6) is 0.676. The van der Waals surface area contributed by atoms with Crippen molar-refractivity contribution < 1.29 is 0 Å². The highest BCUT2D eigenvalue weighted by Gasteiger charge is 2.22. The summed E-state index contributed by atoms with van der Waals surface area (Å²) >= 11 is 0. The average molecular weight is 375 g/mol. The SMILES string of the molecule is Cc1cc(CN2CCCC(C)C2)c(C)c(-c2c(C#N)c(N)[nH]c(=O)c2C#N)c1. The van der Waals surface area contributed by atoms with Crippen molar-refractivity contribution in [2.45, 2.75) is 40.2 Å². The fourth-order valence-electron chi connectivity index (χ4n) is 4.14. The van der Waals surface area contributed by atoms with E-state index in [-0.39, 0.29) is 16.9 Å². The summed E-state index contributed by atoms with van der Waals surface area (Å²) in [5.41, 5.74) is 9.59. The highest BCUT2D eigenvalue weighted by molar-refractivity contribution is 5.82. The molecule has 3 rings (SSSR count). The molecule has 0 saturated carbocycles. The Morgan fingerprint density at radius 3 is 2.61 bits per heavy atom. The van der Waals surface area contributed by atoms with Crippen LogP contribution in [0.1, 0.15) is 47.6 Å². The fraction of sp³-hybridized carbons (Fsp3) is 0.409. The summed E-state index contributed by atoms with van der Waals surface area (Å²) in [4.78, 5) is 17.1. The molecule has 1 fully saturated rings. The number of benzene rings is 1. The van der Waals surface area contributed by atoms with E-state index in [2.05, 4.69) is 28.9 Å². The molecule has 1 atom stereocenters. The summed E-state index contributed by atoms with van der Waals surface area (Å²) in [6.45, 7) is 9.19. The molecular weight excluding hydrogens is 350 g/mol. The van der Waals surface area contributed by atoms with E-state index in [0.717, 1.165) is 41.9 Å². The van der Waals surface area contributed by atoms with Crippen LogP contribution in [0.2, 0.25) is 0 Å². The molecule has 2 aromatic rings. The summed E-state index contributed by atoms with van der Waals surface area (Å²) < 4.78 is 0. The number of pyridine rings is 1. The number of rotatable bonds is 3. The van der Waals surface area contributed by atoms with Crippen molar-refractivity contribution in [3.05, 3.63) is 50.3 Å². The molecule has 6 nitrogen and oxygen atoms in total. The lowest BCUT2D eigenvalue weighted by Gasteiger charge is -2.31. The van der Waals surface area contributed by atoms with E-state index < -0.39 is 5.56 Å². The summed E-state index contributed by atoms with van der Waals surface area (Å²) in [5, 5.41) is 19.2. The number of nitrogens with zero attached hydrogens (tertiary/aromatic N) is 3. The number of hydrogen-bond donors (Lipinski definition) is 2. The van der Waals surface area contributed by atoms with E-state index in [1.807, 2.05) is 26.0 Å². The number of nitriles is 2. The lowest BCUT2D eigenvalue weighted by molar-refractivity contribution is 0.176. The van der Waals surface area contributed by atoms with E-state index in [1.54, 1.807) is 0 Å². The first-order valence-electron chi connectivity index (χ1n) is 9.54. The van der Waals surface area contributed by atoms with Gasteiger partial charge in [-0.2, -0.15) is 10.5 Å². The van der Waals surface area contributed by atoms with Gasteiger partial charge >= 0.3 is 0 Å². The molecule has 2 heterocycles. The van der Waals surface area contributed by atoms with Crippen molar-refractivity contribution in [1.29, 1.82) is 10.5 Å². The summed E-state index contributed by atoms with van der Waals surface area (Å²) in [6.07, 6.45) is 2.46. The van der Waals surface area contributed by atoms with Crippen LogP contribution < -0.4 is 11.3 Å². The number of anilines is 1. The predicted octanol–water partition coefficient (Wildman–Crippen LogP) is 3.22. The highest BCUT2D eigenvalue weighted by Crippen LogP contribution is 2.33. The fourth-order valence-corrected chi connectivity index (χ4v) is 4.14. The molecule has 0 bridgehead atoms. The van der Waals surface area contributed by atoms with Crippen molar-refractivity contribution in [1.82, 2.24) is 9.88 Å². The minimum absolute atomic E-state index is 0.00573. The van der Waals surface area contributed by atoms with Crippen molar-refractivity contribution in [3.8, 4) is 23.3 Å². The Kier molecular flexibility index (Phi) is 5.53. The number of H-pyrrole nitrogens is 1. The number of aryl methyl sites for hydroxylation is 1. The quantitative estimate of drug-likeness (QED) is 0.856. The van der Waals surface area contributed by atoms with Crippen LogP contribution in [0.3, 0.4) is 0 Å². The maximum atomic E-state index is 12.3. The second-order valence-corrected chi connectivity index (χ2v) is 7.80. The van der Waals surface area contributed by atoms with Crippen LogP contribution in [0.4, 0.5) is 5.82 Å². The van der Waals surface area contributed by atoms with Gasteiger partial charge in [0.05, 0.1) is 0 Å². The first-order valence-corrected chi connectivity index (χ1v) is 9.54. The van der Waals surface area contributed by atoms with Gasteiger partial charge in [-0.25, -0.2) is 0 Å². The Morgan fingerprint density at radius 1 is 1.25 bits per heavy atom. The minimum Gasteiger partial charge on any atom is -0.384 e. The molecule has 0 spiro atoms. The third-order valence-corrected chi connectivity index (χ3v) is 5.53. The van der Waals surface area contributed by atoms with Gasteiger partial charge in [0, 0.05) is 18.7 Å². The molecule has 144 valence electrons. The molecule has 1 saturated heterocycles. The van der Waals surface area contributed by atoms with Crippen LogP contribution in [0, 0.1) is 42.4 Å². The topological polar surface area (TPSA) is 110 Å². The number of nitrogens with two attached hydrogens (primary N) is 1. The Labute approximate surface area is 165 Å². The maximum absolute atomic E-state index is 12.3. The molecule has 1 aromatic heterocycles. The van der Waals surface area contributed by atoms with Gasteiger partial charge < -0.3 is 10.7 Å². The number of piperidine rings is 1. The van der Waals surface area contributed by atoms with Crippen LogP contribution in [0.15, 0.2) is 16.9 Å². The normalized spacial score (nSPS) is 17.1. The van der Waals surface area contributed by atoms with Gasteiger partial charge in [-0.1, -0.05) is 24.6 Å². The van der Waals surface area contributed by atoms with Gasteiger partial charge in [0.1, 0.15) is 29.1 Å². The second kappa shape index (κ2) is 7.88. The third kappa shape index (κ3) is 3.65. The van der Waals surface area contributed by atoms with Crippen molar-refractivity contribution in [2.24, 2.45) is 5.92 Å². The number of nitrogens with one attached hydrogen (secondary N) is 1. The second-order valence-electron chi connectivity index (χ2n) is 7.80. The first-order chi connectivity index (χ1) is 13.3. The number of likely N-dealkylation sites (tertiary alicyclic amines) is 1. The summed E-state index contributed by atoms with van der Waals surface area (Å²) in [7, 11) is 0. The first kappa shape index (κ1) is 19.7. The van der Waals surface area contributed by atoms with Crippen molar-refractivity contribution in [2.75, 3.05) is 18.8 Å². The van der Waals surface area contributed by atoms with Crippen LogP contribution in [-0.2, 0) is 6.54 Å². The molecule has 28 heavy (non-hydrogen) atoms. The number of hydrogen-bond acceptors (Lipinski definition) is 5. The number of aromatic nitrogens is 1. The van der Waals surface area contributed by atoms with Crippen LogP contribution in [-0.4, -0.2) is 23.0 Å². The zero-order valence-electron chi connectivity index (χ0n) is 16.6. The smallest absolute Gasteiger partial charge is 0.268 e. The Hall–Kier alpha value is -3.09. The van der Waals surface area contributed by atoms with E-state index in [0.29, 0.717) is 11.5 Å². The van der Waals surface area contributed by atoms with E-state index in [9.17, 15) is 15.3 Å². The largest absolute Gasteiger partial charge is 0.384 e. The molecule has 3 N–H and O–H groups in total. The van der Waals surface area contributed by atoms with Crippen molar-refractivity contribution in [3.63, 3.8) is 0 Å². The van der Waals surface area contributed by atoms with Gasteiger partial charge in [0.25, 0.3) is 5.56 Å². The standard InChI is InChI=1S/C22H25N5O/c1-13-5-4-6-27(11-13)12-16-7-14(2)8-17(15(16)3)20-18(9-23)21(25)26-22(28)19(20)10-24/h7-8,13H,4-6,11-12H2,1-3H3,(H3,25,26,28). The molecular formula is C22H25N5O. The lowest BCUT2D eigenvalue weighted by atomic mass is 9.89. The molecule has 1 aliphatic rings. The Morgan fingerprint density at radius 2 is 1.96 bits per heavy atom. The van der Waals surface area contributed by atoms with Gasteiger partial charge in [-0.3, -0.25) is 9.69 Å². The van der Waals surface area contributed by atoms with Gasteiger partial charge in [0.15, 0.2) is 0 Å². The molecule has 1 aromatic carbocycles. The zero-order chi connectivity index (χ0) is 20.4. The molecule has 0 radical (unpaired) electrons. The van der Waals surface area contributed by atoms with Gasteiger partial charge in [-0.05, 0) is 55.8 Å². The molecule has 1 unspecified atom stereocenters. The van der Waals surface area contributed by atoms with Crippen LogP contribution in [0.25, 0.3) is 11.1 Å². The monoisotopic (exact) mass is 375 g/mol. The Balaban J connectivity index is 2.17. The third-order valence-electron chi connectivity index (χ3n) is 5.53. The van der Waals surface area contributed by atoms with E-state index >= 15 is 0 Å². The number of aromatic amines is 1. The van der Waals surface area contributed by atoms with Crippen LogP contribution in [0.5, 0.6) is 0 Å². The molecule has 0 aliphatic carbocycles. The lowest BCUT2D eigenvalue weighted by Crippen LogP contribution is -2.34. The highest BCUT2D eigenvalue weighted by atomic mass is 16.1. The molecule has 0 amide bonds. The maximum Gasteiger partial charge on any atom is 0.268 e. The summed E-state index contributed by atoms with van der Waals surface area (Å²) in [6, 6.07) is 8.09. The van der Waals surface area contributed by atoms with Gasteiger partial charge in [0.2, 0.25) is 0 Å². The van der Waals surface area contributed by atoms with E-state index in [1.165, 1.54) is 12.8 Å². The number of nitrogen functional groups attached to an aromatic ring is 1. The van der Waals surface area contributed by atoms with E-state index in [4.69, 9.17) is 5.73 Å². The van der Waals surface area contributed by atoms with Gasteiger partial charge in [-0.15, -0.1) is 0 Å². The van der Waals surface area contributed by atoms with Crippen molar-refractivity contribution >= 4 is 5.82 Å². The predicted molar refractivity (Wildman–Crippen MR) is 109 cm³/mol. The molecule has 6 heteroatoms. The van der Waals surface area contributed by atoms with Crippen LogP contribution >= 0.6 is 0 Å². The molecule has 1 aliphatic heterocycles. The zero-order valence-corrected chi connectivity index (χ0v) is 16.6. The Bertz CT molecular complexity index is 1050. The minimum atomic E-state index is -0.568.